The highest BCUT2D eigenvalue weighted by Crippen LogP contribution is 2.22. The Morgan fingerprint density at radius 3 is 2.75 bits per heavy atom. The van der Waals surface area contributed by atoms with Crippen LogP contribution >= 0.6 is 15.9 Å². The van der Waals surface area contributed by atoms with Crippen molar-refractivity contribution in [1.29, 1.82) is 5.41 Å². The number of hydrogen-bond donors (Lipinski definition) is 2. The van der Waals surface area contributed by atoms with Gasteiger partial charge in [-0.3, -0.25) is 5.41 Å². The zero-order valence-corrected chi connectivity index (χ0v) is 11.2. The third kappa shape index (κ3) is 3.85. The summed E-state index contributed by atoms with van der Waals surface area (Å²) in [5.74, 6) is 1.03. The normalized spacial score (nSPS) is 11.2. The molecule has 0 unspecified atom stereocenters. The zero-order chi connectivity index (χ0) is 12.2. The SMILES string of the molecule is CC(C)(CCOc1cccc(Br)c1)C(=N)N. The van der Waals surface area contributed by atoms with E-state index in [0.717, 1.165) is 16.6 Å². The van der Waals surface area contributed by atoms with Gasteiger partial charge in [0.2, 0.25) is 0 Å². The molecule has 0 spiro atoms. The average Bonchev–Trinajstić information content (AvgIpc) is 2.17. The zero-order valence-electron chi connectivity index (χ0n) is 9.59. The summed E-state index contributed by atoms with van der Waals surface area (Å²) in [5.41, 5.74) is 5.19. The van der Waals surface area contributed by atoms with Crippen LogP contribution in [-0.4, -0.2) is 12.4 Å². The molecule has 0 aromatic heterocycles. The third-order valence-electron chi connectivity index (χ3n) is 2.52. The molecular formula is C12H17BrN2O. The van der Waals surface area contributed by atoms with Crippen molar-refractivity contribution < 1.29 is 4.74 Å². The van der Waals surface area contributed by atoms with Crippen molar-refractivity contribution in [1.82, 2.24) is 0 Å². The molecule has 88 valence electrons. The van der Waals surface area contributed by atoms with Gasteiger partial charge in [-0.1, -0.05) is 35.8 Å². The van der Waals surface area contributed by atoms with Crippen LogP contribution in [0, 0.1) is 10.8 Å². The number of amidine groups is 1. The van der Waals surface area contributed by atoms with Crippen molar-refractivity contribution in [3.05, 3.63) is 28.7 Å². The fourth-order valence-electron chi connectivity index (χ4n) is 1.12. The van der Waals surface area contributed by atoms with Gasteiger partial charge < -0.3 is 10.5 Å². The van der Waals surface area contributed by atoms with E-state index in [1.54, 1.807) is 0 Å². The van der Waals surface area contributed by atoms with E-state index in [-0.39, 0.29) is 11.3 Å². The Bertz CT molecular complexity index is 377. The molecule has 0 radical (unpaired) electrons. The predicted molar refractivity (Wildman–Crippen MR) is 69.9 cm³/mol. The lowest BCUT2D eigenvalue weighted by molar-refractivity contribution is 0.268. The Balaban J connectivity index is 2.45. The smallest absolute Gasteiger partial charge is 0.120 e. The van der Waals surface area contributed by atoms with Crippen LogP contribution in [0.1, 0.15) is 20.3 Å². The molecule has 0 saturated heterocycles. The molecule has 3 N–H and O–H groups in total. The van der Waals surface area contributed by atoms with Crippen LogP contribution in [0.4, 0.5) is 0 Å². The van der Waals surface area contributed by atoms with Crippen LogP contribution in [-0.2, 0) is 0 Å². The standard InChI is InChI=1S/C12H17BrN2O/c1-12(2,11(14)15)6-7-16-10-5-3-4-9(13)8-10/h3-5,8H,6-7H2,1-2H3,(H3,14,15). The minimum atomic E-state index is -0.300. The Morgan fingerprint density at radius 2 is 2.19 bits per heavy atom. The molecule has 0 saturated carbocycles. The highest BCUT2D eigenvalue weighted by molar-refractivity contribution is 9.10. The molecule has 0 atom stereocenters. The van der Waals surface area contributed by atoms with Gasteiger partial charge in [0.15, 0.2) is 0 Å². The molecular weight excluding hydrogens is 268 g/mol. The van der Waals surface area contributed by atoms with Gasteiger partial charge in [0.1, 0.15) is 5.75 Å². The van der Waals surface area contributed by atoms with Gasteiger partial charge in [0.05, 0.1) is 12.4 Å². The first-order chi connectivity index (χ1) is 7.42. The fraction of sp³-hybridized carbons (Fsp3) is 0.417. The van der Waals surface area contributed by atoms with Crippen LogP contribution in [0.3, 0.4) is 0 Å². The summed E-state index contributed by atoms with van der Waals surface area (Å²) in [6.07, 6.45) is 0.731. The van der Waals surface area contributed by atoms with Crippen molar-refractivity contribution >= 4 is 21.8 Å². The number of rotatable bonds is 5. The number of benzene rings is 1. The maximum absolute atomic E-state index is 7.43. The summed E-state index contributed by atoms with van der Waals surface area (Å²) < 4.78 is 6.59. The first-order valence-electron chi connectivity index (χ1n) is 5.15. The van der Waals surface area contributed by atoms with Crippen LogP contribution in [0.2, 0.25) is 0 Å². The lowest BCUT2D eigenvalue weighted by Gasteiger charge is -2.22. The molecule has 0 bridgehead atoms. The largest absolute Gasteiger partial charge is 0.494 e. The lowest BCUT2D eigenvalue weighted by atomic mass is 9.88. The van der Waals surface area contributed by atoms with Gasteiger partial charge in [-0.2, -0.15) is 0 Å². The number of nitrogens with one attached hydrogen (secondary N) is 1. The minimum Gasteiger partial charge on any atom is -0.494 e. The first kappa shape index (κ1) is 13.0. The van der Waals surface area contributed by atoms with Crippen molar-refractivity contribution in [3.63, 3.8) is 0 Å². The second kappa shape index (κ2) is 5.34. The van der Waals surface area contributed by atoms with Gasteiger partial charge in [-0.15, -0.1) is 0 Å². The van der Waals surface area contributed by atoms with Crippen molar-refractivity contribution in [2.24, 2.45) is 11.1 Å². The Morgan fingerprint density at radius 1 is 1.50 bits per heavy atom. The minimum absolute atomic E-state index is 0.199. The number of nitrogens with two attached hydrogens (primary N) is 1. The van der Waals surface area contributed by atoms with Crippen molar-refractivity contribution in [3.8, 4) is 5.75 Å². The molecule has 3 nitrogen and oxygen atoms in total. The molecule has 0 aliphatic rings. The Kier molecular flexibility index (Phi) is 4.35. The molecule has 0 amide bonds. The molecule has 0 heterocycles. The molecule has 16 heavy (non-hydrogen) atoms. The molecule has 1 aromatic carbocycles. The highest BCUT2D eigenvalue weighted by Gasteiger charge is 2.21. The number of ether oxygens (including phenoxy) is 1. The number of hydrogen-bond acceptors (Lipinski definition) is 2. The summed E-state index contributed by atoms with van der Waals surface area (Å²) in [6.45, 7) is 4.45. The molecule has 0 aliphatic heterocycles. The van der Waals surface area contributed by atoms with Gasteiger partial charge in [0.25, 0.3) is 0 Å². The van der Waals surface area contributed by atoms with Crippen LogP contribution in [0.15, 0.2) is 28.7 Å². The van der Waals surface area contributed by atoms with Gasteiger partial charge in [-0.25, -0.2) is 0 Å². The summed E-state index contributed by atoms with van der Waals surface area (Å²) in [7, 11) is 0. The van der Waals surface area contributed by atoms with E-state index in [0.29, 0.717) is 6.61 Å². The fourth-order valence-corrected chi connectivity index (χ4v) is 1.49. The summed E-state index contributed by atoms with van der Waals surface area (Å²) >= 11 is 3.38. The van der Waals surface area contributed by atoms with Crippen LogP contribution < -0.4 is 10.5 Å². The van der Waals surface area contributed by atoms with Gasteiger partial charge >= 0.3 is 0 Å². The second-order valence-corrected chi connectivity index (χ2v) is 5.27. The maximum Gasteiger partial charge on any atom is 0.120 e. The molecule has 1 aromatic rings. The van der Waals surface area contributed by atoms with Crippen molar-refractivity contribution in [2.75, 3.05) is 6.61 Å². The monoisotopic (exact) mass is 284 g/mol. The first-order valence-corrected chi connectivity index (χ1v) is 5.94. The topological polar surface area (TPSA) is 59.1 Å². The molecule has 1 rings (SSSR count). The van der Waals surface area contributed by atoms with E-state index in [2.05, 4.69) is 15.9 Å². The van der Waals surface area contributed by atoms with Gasteiger partial charge in [-0.05, 0) is 24.6 Å². The predicted octanol–water partition coefficient (Wildman–Crippen LogP) is 3.18. The Labute approximate surface area is 105 Å². The Hall–Kier alpha value is -1.03. The highest BCUT2D eigenvalue weighted by atomic mass is 79.9. The van der Waals surface area contributed by atoms with Crippen LogP contribution in [0.25, 0.3) is 0 Å². The van der Waals surface area contributed by atoms with E-state index in [1.807, 2.05) is 38.1 Å². The van der Waals surface area contributed by atoms with E-state index >= 15 is 0 Å². The van der Waals surface area contributed by atoms with Crippen LogP contribution in [0.5, 0.6) is 5.75 Å². The summed E-state index contributed by atoms with van der Waals surface area (Å²) in [6, 6.07) is 7.70. The van der Waals surface area contributed by atoms with E-state index in [1.165, 1.54) is 0 Å². The second-order valence-electron chi connectivity index (χ2n) is 4.35. The molecule has 0 aliphatic carbocycles. The quantitative estimate of drug-likeness (QED) is 0.644. The van der Waals surface area contributed by atoms with E-state index < -0.39 is 0 Å². The van der Waals surface area contributed by atoms with Crippen molar-refractivity contribution in [2.45, 2.75) is 20.3 Å². The molecule has 4 heteroatoms. The number of halogens is 1. The van der Waals surface area contributed by atoms with E-state index in [9.17, 15) is 0 Å². The average molecular weight is 285 g/mol. The summed E-state index contributed by atoms with van der Waals surface area (Å²) in [4.78, 5) is 0. The third-order valence-corrected chi connectivity index (χ3v) is 3.01. The van der Waals surface area contributed by atoms with E-state index in [4.69, 9.17) is 15.9 Å². The summed E-state index contributed by atoms with van der Waals surface area (Å²) in [5, 5.41) is 7.43. The maximum atomic E-state index is 7.43. The van der Waals surface area contributed by atoms with Gasteiger partial charge in [0, 0.05) is 9.89 Å². The lowest BCUT2D eigenvalue weighted by Crippen LogP contribution is -2.32. The molecule has 0 fully saturated rings.